The van der Waals surface area contributed by atoms with E-state index in [9.17, 15) is 8.42 Å². The molecule has 6 heteroatoms. The van der Waals surface area contributed by atoms with Crippen LogP contribution in [0.5, 0.6) is 11.5 Å². The summed E-state index contributed by atoms with van der Waals surface area (Å²) in [5.74, 6) is 1.08. The van der Waals surface area contributed by atoms with E-state index in [1.807, 2.05) is 25.1 Å². The van der Waals surface area contributed by atoms with Gasteiger partial charge in [0.25, 0.3) is 0 Å². The average Bonchev–Trinajstić information content (AvgIpc) is 2.33. The fraction of sp³-hybridized carbons (Fsp3) is 0.0769. The summed E-state index contributed by atoms with van der Waals surface area (Å²) in [6.07, 6.45) is 0. The van der Waals surface area contributed by atoms with Crippen molar-refractivity contribution in [2.75, 3.05) is 0 Å². The number of halogens is 1. The predicted molar refractivity (Wildman–Crippen MR) is 76.8 cm³/mol. The maximum absolute atomic E-state index is 11.3. The molecule has 2 N–H and O–H groups in total. The SMILES string of the molecule is Cc1ccc(Br)cc1Oc1cccc(S(N)(=O)=O)c1. The third-order valence-electron chi connectivity index (χ3n) is 2.51. The normalized spacial score (nSPS) is 11.3. The van der Waals surface area contributed by atoms with Crippen LogP contribution in [0, 0.1) is 6.92 Å². The van der Waals surface area contributed by atoms with Crippen LogP contribution in [-0.4, -0.2) is 8.42 Å². The highest BCUT2D eigenvalue weighted by Crippen LogP contribution is 2.29. The summed E-state index contributed by atoms with van der Waals surface area (Å²) in [5.41, 5.74) is 0.948. The van der Waals surface area contributed by atoms with E-state index in [1.54, 1.807) is 12.1 Å². The van der Waals surface area contributed by atoms with Crippen LogP contribution in [0.25, 0.3) is 0 Å². The van der Waals surface area contributed by atoms with Gasteiger partial charge in [0.2, 0.25) is 10.0 Å². The van der Waals surface area contributed by atoms with Gasteiger partial charge in [0, 0.05) is 10.5 Å². The Hall–Kier alpha value is -1.37. The van der Waals surface area contributed by atoms with Crippen molar-refractivity contribution >= 4 is 26.0 Å². The molecule has 0 aliphatic heterocycles. The third-order valence-corrected chi connectivity index (χ3v) is 3.92. The molecule has 0 saturated heterocycles. The highest BCUT2D eigenvalue weighted by molar-refractivity contribution is 9.10. The van der Waals surface area contributed by atoms with Gasteiger partial charge in [-0.15, -0.1) is 0 Å². The lowest BCUT2D eigenvalue weighted by Gasteiger charge is -2.10. The van der Waals surface area contributed by atoms with Crippen molar-refractivity contribution in [2.45, 2.75) is 11.8 Å². The molecule has 2 rings (SSSR count). The lowest BCUT2D eigenvalue weighted by molar-refractivity contribution is 0.476. The van der Waals surface area contributed by atoms with Gasteiger partial charge in [0.05, 0.1) is 4.90 Å². The molecule has 0 fully saturated rings. The second-order valence-electron chi connectivity index (χ2n) is 4.03. The Morgan fingerprint density at radius 2 is 1.89 bits per heavy atom. The lowest BCUT2D eigenvalue weighted by atomic mass is 10.2. The van der Waals surface area contributed by atoms with Crippen molar-refractivity contribution in [3.8, 4) is 11.5 Å². The summed E-state index contributed by atoms with van der Waals surface area (Å²) < 4.78 is 29.1. The van der Waals surface area contributed by atoms with E-state index in [-0.39, 0.29) is 4.90 Å². The molecule has 0 atom stereocenters. The molecule has 19 heavy (non-hydrogen) atoms. The van der Waals surface area contributed by atoms with Crippen LogP contribution in [0.3, 0.4) is 0 Å². The second-order valence-corrected chi connectivity index (χ2v) is 6.51. The zero-order valence-electron chi connectivity index (χ0n) is 10.1. The summed E-state index contributed by atoms with van der Waals surface area (Å²) in [6, 6.07) is 11.7. The monoisotopic (exact) mass is 341 g/mol. The highest BCUT2D eigenvalue weighted by atomic mass is 79.9. The minimum atomic E-state index is -3.73. The summed E-state index contributed by atoms with van der Waals surface area (Å²) >= 11 is 3.36. The lowest BCUT2D eigenvalue weighted by Crippen LogP contribution is -2.11. The Labute approximate surface area is 120 Å². The van der Waals surface area contributed by atoms with Gasteiger partial charge in [-0.3, -0.25) is 0 Å². The van der Waals surface area contributed by atoms with Crippen LogP contribution in [0.2, 0.25) is 0 Å². The largest absolute Gasteiger partial charge is 0.457 e. The number of nitrogens with two attached hydrogens (primary N) is 1. The van der Waals surface area contributed by atoms with E-state index in [0.29, 0.717) is 11.5 Å². The zero-order chi connectivity index (χ0) is 14.0. The first-order valence-corrected chi connectivity index (χ1v) is 7.77. The number of ether oxygens (including phenoxy) is 1. The topological polar surface area (TPSA) is 69.4 Å². The third kappa shape index (κ3) is 3.56. The number of sulfonamides is 1. The summed E-state index contributed by atoms with van der Waals surface area (Å²) in [7, 11) is -3.73. The fourth-order valence-electron chi connectivity index (χ4n) is 1.53. The van der Waals surface area contributed by atoms with E-state index < -0.39 is 10.0 Å². The molecule has 0 unspecified atom stereocenters. The molecule has 0 saturated carbocycles. The Morgan fingerprint density at radius 3 is 2.58 bits per heavy atom. The molecule has 0 aromatic heterocycles. The van der Waals surface area contributed by atoms with Crippen molar-refractivity contribution < 1.29 is 13.2 Å². The quantitative estimate of drug-likeness (QED) is 0.931. The molecule has 0 heterocycles. The van der Waals surface area contributed by atoms with Gasteiger partial charge in [-0.05, 0) is 36.8 Å². The van der Waals surface area contributed by atoms with Gasteiger partial charge in [-0.2, -0.15) is 0 Å². The van der Waals surface area contributed by atoms with Crippen LogP contribution in [-0.2, 0) is 10.0 Å². The molecule has 0 aliphatic carbocycles. The maximum Gasteiger partial charge on any atom is 0.238 e. The van der Waals surface area contributed by atoms with Crippen LogP contribution in [0.1, 0.15) is 5.56 Å². The van der Waals surface area contributed by atoms with Crippen molar-refractivity contribution in [1.29, 1.82) is 0 Å². The standard InChI is InChI=1S/C13H12BrNO3S/c1-9-5-6-10(14)7-13(9)18-11-3-2-4-12(8-11)19(15,16)17/h2-8H,1H3,(H2,15,16,17). The molecule has 2 aromatic rings. The smallest absolute Gasteiger partial charge is 0.238 e. The molecule has 4 nitrogen and oxygen atoms in total. The van der Waals surface area contributed by atoms with Crippen LogP contribution >= 0.6 is 15.9 Å². The van der Waals surface area contributed by atoms with Gasteiger partial charge >= 0.3 is 0 Å². The summed E-state index contributed by atoms with van der Waals surface area (Å²) in [4.78, 5) is 0.0256. The number of benzene rings is 2. The average molecular weight is 342 g/mol. The second kappa shape index (κ2) is 5.32. The van der Waals surface area contributed by atoms with Crippen LogP contribution < -0.4 is 9.88 Å². The van der Waals surface area contributed by atoms with Crippen LogP contribution in [0.15, 0.2) is 51.8 Å². The summed E-state index contributed by atoms with van der Waals surface area (Å²) in [5, 5.41) is 5.08. The molecular formula is C13H12BrNO3S. The number of primary sulfonamides is 1. The van der Waals surface area contributed by atoms with Gasteiger partial charge in [0.15, 0.2) is 0 Å². The highest BCUT2D eigenvalue weighted by Gasteiger charge is 2.09. The molecule has 2 aromatic carbocycles. The van der Waals surface area contributed by atoms with E-state index in [0.717, 1.165) is 10.0 Å². The molecular weight excluding hydrogens is 330 g/mol. The molecule has 0 radical (unpaired) electrons. The molecule has 100 valence electrons. The van der Waals surface area contributed by atoms with Crippen molar-refractivity contribution in [1.82, 2.24) is 0 Å². The maximum atomic E-state index is 11.3. The fourth-order valence-corrected chi connectivity index (χ4v) is 2.41. The van der Waals surface area contributed by atoms with E-state index in [1.165, 1.54) is 12.1 Å². The summed E-state index contributed by atoms with van der Waals surface area (Å²) in [6.45, 7) is 1.91. The van der Waals surface area contributed by atoms with Crippen molar-refractivity contribution in [3.05, 3.63) is 52.5 Å². The molecule has 0 bridgehead atoms. The Kier molecular flexibility index (Phi) is 3.93. The molecule has 0 amide bonds. The van der Waals surface area contributed by atoms with Crippen molar-refractivity contribution in [2.24, 2.45) is 5.14 Å². The van der Waals surface area contributed by atoms with Gasteiger partial charge in [-0.25, -0.2) is 13.6 Å². The first kappa shape index (κ1) is 14.0. The minimum absolute atomic E-state index is 0.0256. The Balaban J connectivity index is 2.36. The zero-order valence-corrected chi connectivity index (χ0v) is 12.5. The van der Waals surface area contributed by atoms with Crippen LogP contribution in [0.4, 0.5) is 0 Å². The van der Waals surface area contributed by atoms with Gasteiger partial charge in [0.1, 0.15) is 11.5 Å². The van der Waals surface area contributed by atoms with E-state index in [4.69, 9.17) is 9.88 Å². The number of hydrogen-bond acceptors (Lipinski definition) is 3. The number of hydrogen-bond donors (Lipinski definition) is 1. The first-order chi connectivity index (χ1) is 8.86. The molecule has 0 aliphatic rings. The van der Waals surface area contributed by atoms with Gasteiger partial charge in [-0.1, -0.05) is 28.1 Å². The van der Waals surface area contributed by atoms with Gasteiger partial charge < -0.3 is 4.74 Å². The number of rotatable bonds is 3. The number of aryl methyl sites for hydroxylation is 1. The Bertz CT molecular complexity index is 714. The molecule has 0 spiro atoms. The van der Waals surface area contributed by atoms with E-state index >= 15 is 0 Å². The minimum Gasteiger partial charge on any atom is -0.457 e. The Morgan fingerprint density at radius 1 is 1.16 bits per heavy atom. The van der Waals surface area contributed by atoms with Crippen molar-refractivity contribution in [3.63, 3.8) is 0 Å². The van der Waals surface area contributed by atoms with E-state index in [2.05, 4.69) is 15.9 Å². The first-order valence-electron chi connectivity index (χ1n) is 5.43. The predicted octanol–water partition coefficient (Wildman–Crippen LogP) is 3.20.